The molecule has 0 aliphatic carbocycles. The minimum atomic E-state index is -3.61. The van der Waals surface area contributed by atoms with Crippen LogP contribution in [0.1, 0.15) is 18.9 Å². The van der Waals surface area contributed by atoms with Gasteiger partial charge in [0.25, 0.3) is 0 Å². The Bertz CT molecular complexity index is 1340. The van der Waals surface area contributed by atoms with Gasteiger partial charge in [-0.1, -0.05) is 23.4 Å². The zero-order chi connectivity index (χ0) is 25.1. The number of halogens is 1. The predicted molar refractivity (Wildman–Crippen MR) is 138 cm³/mol. The van der Waals surface area contributed by atoms with Gasteiger partial charge in [0.1, 0.15) is 0 Å². The minimum Gasteiger partial charge on any atom is -0.454 e. The van der Waals surface area contributed by atoms with Crippen molar-refractivity contribution in [2.45, 2.75) is 35.7 Å². The molecular formula is C24H28ClN3O6S2. The third-order valence-electron chi connectivity index (χ3n) is 6.07. The molecule has 0 amide bonds. The van der Waals surface area contributed by atoms with Crippen LogP contribution in [0.5, 0.6) is 11.5 Å². The second kappa shape index (κ2) is 11.2. The van der Waals surface area contributed by atoms with Crippen molar-refractivity contribution in [2.24, 2.45) is 0 Å². The smallest absolute Gasteiger partial charge is 0.243 e. The van der Waals surface area contributed by atoms with Crippen LogP contribution in [0.3, 0.4) is 0 Å². The van der Waals surface area contributed by atoms with Crippen molar-refractivity contribution in [3.63, 3.8) is 0 Å². The maximum atomic E-state index is 13.2. The normalized spacial score (nSPS) is 16.2. The Hall–Kier alpha value is -2.02. The first-order valence-electron chi connectivity index (χ1n) is 11.8. The Balaban J connectivity index is 1.43. The van der Waals surface area contributed by atoms with E-state index in [4.69, 9.17) is 35.5 Å². The molecule has 12 heteroatoms. The summed E-state index contributed by atoms with van der Waals surface area (Å²) in [5, 5.41) is 1.39. The van der Waals surface area contributed by atoms with E-state index in [1.165, 1.54) is 4.31 Å². The molecule has 3 heterocycles. The summed E-state index contributed by atoms with van der Waals surface area (Å²) in [7, 11) is -3.61. The van der Waals surface area contributed by atoms with Gasteiger partial charge in [0.15, 0.2) is 16.7 Å². The van der Waals surface area contributed by atoms with Gasteiger partial charge in [-0.3, -0.25) is 0 Å². The number of aryl methyl sites for hydroxylation is 1. The van der Waals surface area contributed by atoms with Crippen LogP contribution in [0, 0.1) is 0 Å². The topological polar surface area (TPSA) is 92.1 Å². The lowest BCUT2D eigenvalue weighted by molar-refractivity contribution is 0.0730. The number of imidazole rings is 1. The minimum absolute atomic E-state index is 0.188. The average Bonchev–Trinajstić information content (AvgIpc) is 3.48. The van der Waals surface area contributed by atoms with Crippen molar-refractivity contribution in [3.8, 4) is 11.5 Å². The zero-order valence-electron chi connectivity index (χ0n) is 19.9. The molecule has 3 aromatic rings. The van der Waals surface area contributed by atoms with E-state index in [9.17, 15) is 8.42 Å². The number of thioether (sulfide) groups is 1. The van der Waals surface area contributed by atoms with E-state index < -0.39 is 10.0 Å². The van der Waals surface area contributed by atoms with E-state index in [0.717, 1.165) is 22.7 Å². The first-order valence-corrected chi connectivity index (χ1v) is 14.6. The number of aromatic nitrogens is 2. The van der Waals surface area contributed by atoms with Crippen molar-refractivity contribution < 1.29 is 27.4 Å². The van der Waals surface area contributed by atoms with E-state index in [0.29, 0.717) is 73.9 Å². The molecule has 1 aromatic heterocycles. The molecule has 9 nitrogen and oxygen atoms in total. The van der Waals surface area contributed by atoms with E-state index in [2.05, 4.69) is 4.57 Å². The van der Waals surface area contributed by atoms with Gasteiger partial charge in [-0.15, -0.1) is 0 Å². The fourth-order valence-corrected chi connectivity index (χ4v) is 6.95. The fourth-order valence-electron chi connectivity index (χ4n) is 4.19. The van der Waals surface area contributed by atoms with Crippen molar-refractivity contribution >= 4 is 44.4 Å². The molecule has 2 aromatic carbocycles. The standard InChI is InChI=1S/C24H28ClN3O6S2/c1-2-31-9-3-6-28-21-5-4-18(36(29,30)27-7-10-32-11-8-27)13-20(21)26-24(28)35-15-17-12-22-23(14-19(17)25)34-16-33-22/h4-5,12-14H,2-3,6-11,15-16H2,1H3. The van der Waals surface area contributed by atoms with E-state index in [-0.39, 0.29) is 11.7 Å². The van der Waals surface area contributed by atoms with Gasteiger partial charge in [0.2, 0.25) is 16.8 Å². The summed E-state index contributed by atoms with van der Waals surface area (Å²) in [6.45, 7) is 5.66. The number of sulfonamides is 1. The first-order chi connectivity index (χ1) is 17.5. The fraction of sp³-hybridized carbons (Fsp3) is 0.458. The number of rotatable bonds is 10. The Labute approximate surface area is 219 Å². The molecule has 2 aliphatic rings. The van der Waals surface area contributed by atoms with E-state index in [1.807, 2.05) is 19.1 Å². The van der Waals surface area contributed by atoms with Crippen LogP contribution in [0.2, 0.25) is 5.02 Å². The number of hydrogen-bond acceptors (Lipinski definition) is 8. The molecule has 1 saturated heterocycles. The molecule has 1 fully saturated rings. The van der Waals surface area contributed by atoms with Crippen LogP contribution >= 0.6 is 23.4 Å². The number of ether oxygens (including phenoxy) is 4. The number of benzene rings is 2. The van der Waals surface area contributed by atoms with Gasteiger partial charge in [-0.25, -0.2) is 13.4 Å². The molecule has 0 bridgehead atoms. The molecule has 0 radical (unpaired) electrons. The SMILES string of the molecule is CCOCCCn1c(SCc2cc3c(cc2Cl)OCO3)nc2cc(S(=O)(=O)N3CCOCC3)ccc21. The molecule has 194 valence electrons. The molecular weight excluding hydrogens is 526 g/mol. The molecule has 0 atom stereocenters. The van der Waals surface area contributed by atoms with Crippen molar-refractivity contribution in [1.82, 2.24) is 13.9 Å². The highest BCUT2D eigenvalue weighted by molar-refractivity contribution is 7.98. The molecule has 0 saturated carbocycles. The highest BCUT2D eigenvalue weighted by Crippen LogP contribution is 2.39. The van der Waals surface area contributed by atoms with Crippen LogP contribution in [-0.2, 0) is 31.8 Å². The summed E-state index contributed by atoms with van der Waals surface area (Å²) in [4.78, 5) is 5.07. The highest BCUT2D eigenvalue weighted by atomic mass is 35.5. The van der Waals surface area contributed by atoms with Gasteiger partial charge >= 0.3 is 0 Å². The number of morpholine rings is 1. The zero-order valence-corrected chi connectivity index (χ0v) is 22.3. The molecule has 0 spiro atoms. The Kier molecular flexibility index (Phi) is 7.94. The van der Waals surface area contributed by atoms with Crippen LogP contribution in [0.25, 0.3) is 11.0 Å². The van der Waals surface area contributed by atoms with Gasteiger partial charge in [0, 0.05) is 49.7 Å². The summed E-state index contributed by atoms with van der Waals surface area (Å²) < 4.78 is 51.7. The number of hydrogen-bond donors (Lipinski definition) is 0. The third kappa shape index (κ3) is 5.32. The van der Waals surface area contributed by atoms with Crippen LogP contribution in [0.15, 0.2) is 40.4 Å². The van der Waals surface area contributed by atoms with Gasteiger partial charge < -0.3 is 23.5 Å². The van der Waals surface area contributed by atoms with E-state index >= 15 is 0 Å². The molecule has 0 unspecified atom stereocenters. The summed E-state index contributed by atoms with van der Waals surface area (Å²) in [5.74, 6) is 1.90. The van der Waals surface area contributed by atoms with Crippen LogP contribution < -0.4 is 9.47 Å². The van der Waals surface area contributed by atoms with Crippen molar-refractivity contribution in [2.75, 3.05) is 46.3 Å². The third-order valence-corrected chi connectivity index (χ3v) is 9.34. The maximum Gasteiger partial charge on any atom is 0.243 e. The van der Waals surface area contributed by atoms with Gasteiger partial charge in [-0.05, 0) is 43.2 Å². The van der Waals surface area contributed by atoms with Crippen molar-refractivity contribution in [1.29, 1.82) is 0 Å². The van der Waals surface area contributed by atoms with Crippen LogP contribution in [0.4, 0.5) is 0 Å². The number of nitrogens with zero attached hydrogens (tertiary/aromatic N) is 3. The average molecular weight is 554 g/mol. The quantitative estimate of drug-likeness (QED) is 0.273. The Morgan fingerprint density at radius 3 is 2.69 bits per heavy atom. The van der Waals surface area contributed by atoms with E-state index in [1.54, 1.807) is 30.0 Å². The number of fused-ring (bicyclic) bond motifs is 2. The first kappa shape index (κ1) is 25.6. The lowest BCUT2D eigenvalue weighted by atomic mass is 10.2. The van der Waals surface area contributed by atoms with Crippen LogP contribution in [-0.4, -0.2) is 68.6 Å². The lowest BCUT2D eigenvalue weighted by Gasteiger charge is -2.26. The largest absolute Gasteiger partial charge is 0.454 e. The van der Waals surface area contributed by atoms with Crippen molar-refractivity contribution in [3.05, 3.63) is 40.9 Å². The molecule has 2 aliphatic heterocycles. The summed E-state index contributed by atoms with van der Waals surface area (Å²) in [6.07, 6.45) is 0.811. The summed E-state index contributed by atoms with van der Waals surface area (Å²) >= 11 is 8.03. The predicted octanol–water partition coefficient (Wildman–Crippen LogP) is 4.16. The maximum absolute atomic E-state index is 13.2. The van der Waals surface area contributed by atoms with Gasteiger partial charge in [-0.2, -0.15) is 4.31 Å². The second-order valence-electron chi connectivity index (χ2n) is 8.35. The van der Waals surface area contributed by atoms with Gasteiger partial charge in [0.05, 0.1) is 29.1 Å². The molecule has 5 rings (SSSR count). The monoisotopic (exact) mass is 553 g/mol. The summed E-state index contributed by atoms with van der Waals surface area (Å²) in [5.41, 5.74) is 2.43. The Morgan fingerprint density at radius 1 is 1.14 bits per heavy atom. The Morgan fingerprint density at radius 2 is 1.92 bits per heavy atom. The second-order valence-corrected chi connectivity index (χ2v) is 11.6. The molecule has 36 heavy (non-hydrogen) atoms. The lowest BCUT2D eigenvalue weighted by Crippen LogP contribution is -2.40. The summed E-state index contributed by atoms with van der Waals surface area (Å²) in [6, 6.07) is 8.84. The molecule has 0 N–H and O–H groups in total. The highest BCUT2D eigenvalue weighted by Gasteiger charge is 2.27.